The summed E-state index contributed by atoms with van der Waals surface area (Å²) in [4.78, 5) is 25.4. The van der Waals surface area contributed by atoms with Crippen LogP contribution in [0.1, 0.15) is 59.3 Å². The summed E-state index contributed by atoms with van der Waals surface area (Å²) in [7, 11) is 0. The first-order valence-corrected chi connectivity index (χ1v) is 7.97. The zero-order valence-corrected chi connectivity index (χ0v) is 13.6. The van der Waals surface area contributed by atoms with Gasteiger partial charge in [-0.1, -0.05) is 20.8 Å². The molecule has 1 aliphatic heterocycles. The Hall–Kier alpha value is -1.10. The molecule has 1 fully saturated rings. The number of rotatable bonds is 6. The number of nitrogens with two attached hydrogens (primary N) is 1. The highest BCUT2D eigenvalue weighted by Gasteiger charge is 2.32. The van der Waals surface area contributed by atoms with E-state index in [0.717, 1.165) is 32.2 Å². The average Bonchev–Trinajstić information content (AvgIpc) is 2.41. The van der Waals surface area contributed by atoms with E-state index in [0.29, 0.717) is 13.0 Å². The van der Waals surface area contributed by atoms with Crippen molar-refractivity contribution in [1.29, 1.82) is 0 Å². The lowest BCUT2D eigenvalue weighted by atomic mass is 9.83. The van der Waals surface area contributed by atoms with Crippen molar-refractivity contribution in [2.24, 2.45) is 17.1 Å². The van der Waals surface area contributed by atoms with Gasteiger partial charge in [0.05, 0.1) is 5.92 Å². The summed E-state index contributed by atoms with van der Waals surface area (Å²) < 4.78 is 0. The Morgan fingerprint density at radius 1 is 1.33 bits per heavy atom. The summed E-state index contributed by atoms with van der Waals surface area (Å²) in [6.07, 6.45) is 4.42. The summed E-state index contributed by atoms with van der Waals surface area (Å²) in [5.74, 6) is -0.837. The van der Waals surface area contributed by atoms with E-state index < -0.39 is 5.97 Å². The molecule has 2 atom stereocenters. The molecule has 1 aliphatic rings. The number of carbonyl (C=O) groups excluding carboxylic acids is 1. The number of nitrogens with zero attached hydrogens (tertiary/aromatic N) is 1. The fourth-order valence-corrected chi connectivity index (χ4v) is 3.13. The number of aliphatic carboxylic acids is 1. The minimum Gasteiger partial charge on any atom is -0.481 e. The Bertz CT molecular complexity index is 363. The Morgan fingerprint density at radius 2 is 2.00 bits per heavy atom. The van der Waals surface area contributed by atoms with Gasteiger partial charge in [-0.05, 0) is 37.5 Å². The topological polar surface area (TPSA) is 83.6 Å². The second-order valence-corrected chi connectivity index (χ2v) is 7.31. The van der Waals surface area contributed by atoms with Crippen LogP contribution in [0.5, 0.6) is 0 Å². The molecule has 2 unspecified atom stereocenters. The lowest BCUT2D eigenvalue weighted by Gasteiger charge is -2.38. The molecule has 5 nitrogen and oxygen atoms in total. The molecule has 0 aromatic heterocycles. The maximum absolute atomic E-state index is 12.8. The van der Waals surface area contributed by atoms with Gasteiger partial charge in [0.15, 0.2) is 0 Å². The minimum absolute atomic E-state index is 0.0616. The Kier molecular flexibility index (Phi) is 6.65. The van der Waals surface area contributed by atoms with E-state index in [1.54, 1.807) is 0 Å². The number of carboxylic acids is 1. The Balaban J connectivity index is 2.72. The highest BCUT2D eigenvalue weighted by atomic mass is 16.4. The predicted molar refractivity (Wildman–Crippen MR) is 82.8 cm³/mol. The summed E-state index contributed by atoms with van der Waals surface area (Å²) >= 11 is 0. The molecule has 1 rings (SSSR count). The third-order valence-corrected chi connectivity index (χ3v) is 4.09. The van der Waals surface area contributed by atoms with Crippen LogP contribution in [0, 0.1) is 11.3 Å². The SMILES string of the molecule is CC(C)(C)CC(CN)C(=O)N1CCCCC1CCC(=O)O. The molecule has 21 heavy (non-hydrogen) atoms. The van der Waals surface area contributed by atoms with Crippen molar-refractivity contribution in [3.8, 4) is 0 Å². The zero-order chi connectivity index (χ0) is 16.0. The van der Waals surface area contributed by atoms with Crippen LogP contribution >= 0.6 is 0 Å². The van der Waals surface area contributed by atoms with Crippen molar-refractivity contribution in [1.82, 2.24) is 4.90 Å². The molecule has 0 aliphatic carbocycles. The molecular formula is C16H30N2O3. The van der Waals surface area contributed by atoms with E-state index in [1.807, 2.05) is 4.90 Å². The number of hydrogen-bond donors (Lipinski definition) is 2. The Labute approximate surface area is 127 Å². The average molecular weight is 298 g/mol. The molecule has 0 saturated carbocycles. The standard InChI is InChI=1S/C16H30N2O3/c1-16(2,3)10-12(11-17)15(21)18-9-5-4-6-13(18)7-8-14(19)20/h12-13H,4-11,17H2,1-3H3,(H,19,20). The normalized spacial score (nSPS) is 21.1. The second-order valence-electron chi connectivity index (χ2n) is 7.31. The van der Waals surface area contributed by atoms with Crippen LogP contribution in [0.25, 0.3) is 0 Å². The van der Waals surface area contributed by atoms with Crippen LogP contribution < -0.4 is 5.73 Å². The van der Waals surface area contributed by atoms with Gasteiger partial charge in [-0.25, -0.2) is 0 Å². The van der Waals surface area contributed by atoms with E-state index in [9.17, 15) is 9.59 Å². The van der Waals surface area contributed by atoms with Crippen LogP contribution in [0.2, 0.25) is 0 Å². The molecule has 0 spiro atoms. The molecule has 0 radical (unpaired) electrons. The number of amides is 1. The van der Waals surface area contributed by atoms with Crippen molar-refractivity contribution in [2.75, 3.05) is 13.1 Å². The molecule has 5 heteroatoms. The maximum Gasteiger partial charge on any atom is 0.303 e. The van der Waals surface area contributed by atoms with Crippen LogP contribution in [0.3, 0.4) is 0 Å². The predicted octanol–water partition coefficient (Wildman–Crippen LogP) is 2.24. The molecule has 0 bridgehead atoms. The first-order valence-electron chi connectivity index (χ1n) is 7.97. The molecule has 1 heterocycles. The van der Waals surface area contributed by atoms with E-state index >= 15 is 0 Å². The van der Waals surface area contributed by atoms with E-state index in [-0.39, 0.29) is 29.7 Å². The van der Waals surface area contributed by atoms with E-state index in [2.05, 4.69) is 20.8 Å². The lowest BCUT2D eigenvalue weighted by Crippen LogP contribution is -2.48. The fourth-order valence-electron chi connectivity index (χ4n) is 3.13. The van der Waals surface area contributed by atoms with Gasteiger partial charge in [0, 0.05) is 25.6 Å². The van der Waals surface area contributed by atoms with E-state index in [4.69, 9.17) is 10.8 Å². The van der Waals surface area contributed by atoms with Gasteiger partial charge in [0.1, 0.15) is 0 Å². The van der Waals surface area contributed by atoms with Crippen molar-refractivity contribution in [2.45, 2.75) is 65.3 Å². The lowest BCUT2D eigenvalue weighted by molar-refractivity contribution is -0.142. The van der Waals surface area contributed by atoms with Gasteiger partial charge in [-0.2, -0.15) is 0 Å². The monoisotopic (exact) mass is 298 g/mol. The molecule has 1 saturated heterocycles. The summed E-state index contributed by atoms with van der Waals surface area (Å²) in [5.41, 5.74) is 5.88. The van der Waals surface area contributed by atoms with Gasteiger partial charge < -0.3 is 15.7 Å². The smallest absolute Gasteiger partial charge is 0.303 e. The van der Waals surface area contributed by atoms with Crippen molar-refractivity contribution < 1.29 is 14.7 Å². The molecular weight excluding hydrogens is 268 g/mol. The zero-order valence-electron chi connectivity index (χ0n) is 13.6. The number of carboxylic acid groups (broad SMARTS) is 1. The summed E-state index contributed by atoms with van der Waals surface area (Å²) in [5, 5.41) is 8.85. The fraction of sp³-hybridized carbons (Fsp3) is 0.875. The number of likely N-dealkylation sites (tertiary alicyclic amines) is 1. The third kappa shape index (κ3) is 6.04. The van der Waals surface area contributed by atoms with Gasteiger partial charge in [-0.15, -0.1) is 0 Å². The maximum atomic E-state index is 12.8. The van der Waals surface area contributed by atoms with Crippen LogP contribution in [0.15, 0.2) is 0 Å². The van der Waals surface area contributed by atoms with Gasteiger partial charge in [0.2, 0.25) is 5.91 Å². The third-order valence-electron chi connectivity index (χ3n) is 4.09. The molecule has 3 N–H and O–H groups in total. The van der Waals surface area contributed by atoms with Gasteiger partial charge >= 0.3 is 5.97 Å². The van der Waals surface area contributed by atoms with E-state index in [1.165, 1.54) is 0 Å². The number of carbonyl (C=O) groups is 2. The van der Waals surface area contributed by atoms with Crippen molar-refractivity contribution in [3.63, 3.8) is 0 Å². The van der Waals surface area contributed by atoms with Crippen LogP contribution in [0.4, 0.5) is 0 Å². The van der Waals surface area contributed by atoms with Crippen LogP contribution in [-0.4, -0.2) is 41.0 Å². The number of piperidine rings is 1. The van der Waals surface area contributed by atoms with Crippen molar-refractivity contribution >= 4 is 11.9 Å². The highest BCUT2D eigenvalue weighted by Crippen LogP contribution is 2.28. The second kappa shape index (κ2) is 7.78. The minimum atomic E-state index is -0.793. The molecule has 0 aromatic carbocycles. The molecule has 0 aromatic rings. The molecule has 1 amide bonds. The van der Waals surface area contributed by atoms with Gasteiger partial charge in [0.25, 0.3) is 0 Å². The number of hydrogen-bond acceptors (Lipinski definition) is 3. The van der Waals surface area contributed by atoms with Gasteiger partial charge in [-0.3, -0.25) is 9.59 Å². The summed E-state index contributed by atoms with van der Waals surface area (Å²) in [6, 6.07) is 0.0661. The summed E-state index contributed by atoms with van der Waals surface area (Å²) in [6.45, 7) is 7.44. The highest BCUT2D eigenvalue weighted by molar-refractivity contribution is 5.79. The van der Waals surface area contributed by atoms with Crippen LogP contribution in [-0.2, 0) is 9.59 Å². The first-order chi connectivity index (χ1) is 9.74. The first kappa shape index (κ1) is 18.0. The van der Waals surface area contributed by atoms with Crippen molar-refractivity contribution in [3.05, 3.63) is 0 Å². The molecule has 122 valence electrons. The Morgan fingerprint density at radius 3 is 2.52 bits per heavy atom. The largest absolute Gasteiger partial charge is 0.481 e. The quantitative estimate of drug-likeness (QED) is 0.787.